The van der Waals surface area contributed by atoms with Crippen LogP contribution in [0.3, 0.4) is 0 Å². The minimum absolute atomic E-state index is 0.0143. The number of rotatable bonds is 5. The molecule has 1 heterocycles. The third-order valence-corrected chi connectivity index (χ3v) is 5.01. The van der Waals surface area contributed by atoms with Crippen molar-refractivity contribution in [2.24, 2.45) is 5.92 Å². The molecule has 0 unspecified atom stereocenters. The number of benzene rings is 1. The molecule has 0 aliphatic carbocycles. The summed E-state index contributed by atoms with van der Waals surface area (Å²) >= 11 is 1.56. The van der Waals surface area contributed by atoms with Gasteiger partial charge in [0.15, 0.2) is 0 Å². The summed E-state index contributed by atoms with van der Waals surface area (Å²) in [5.41, 5.74) is 2.21. The Labute approximate surface area is 132 Å². The smallest absolute Gasteiger partial charge is 0.237 e. The van der Waals surface area contributed by atoms with Gasteiger partial charge in [0.2, 0.25) is 5.91 Å². The van der Waals surface area contributed by atoms with Gasteiger partial charge in [0, 0.05) is 18.8 Å². The van der Waals surface area contributed by atoms with Crippen molar-refractivity contribution in [1.29, 1.82) is 0 Å². The van der Waals surface area contributed by atoms with Gasteiger partial charge in [-0.1, -0.05) is 19.1 Å². The van der Waals surface area contributed by atoms with Gasteiger partial charge in [-0.3, -0.25) is 9.69 Å². The first-order chi connectivity index (χ1) is 10.1. The number of likely N-dealkylation sites (tertiary alicyclic amines) is 1. The van der Waals surface area contributed by atoms with E-state index >= 15 is 0 Å². The van der Waals surface area contributed by atoms with Gasteiger partial charge in [-0.05, 0) is 56.2 Å². The number of nitrogens with zero attached hydrogens (tertiary/aromatic N) is 1. The molecule has 0 spiro atoms. The molecule has 3 nitrogen and oxygen atoms in total. The second kappa shape index (κ2) is 7.85. The van der Waals surface area contributed by atoms with Gasteiger partial charge in [-0.2, -0.15) is 11.8 Å². The Hall–Kier alpha value is -1.00. The van der Waals surface area contributed by atoms with E-state index in [1.54, 1.807) is 11.8 Å². The molecule has 4 heteroatoms. The third kappa shape index (κ3) is 5.04. The molecule has 1 fully saturated rings. The Bertz CT molecular complexity index is 460. The van der Waals surface area contributed by atoms with Crippen LogP contribution in [-0.2, 0) is 11.3 Å². The SMILES string of the molecule is CS[C@H](C)C(=O)Nc1ccc(CN2CCC[C@@H](C)C2)cc1. The topological polar surface area (TPSA) is 32.3 Å². The predicted molar refractivity (Wildman–Crippen MR) is 91.7 cm³/mol. The first-order valence-corrected chi connectivity index (χ1v) is 9.02. The molecule has 116 valence electrons. The normalized spacial score (nSPS) is 21.0. The Balaban J connectivity index is 1.88. The van der Waals surface area contributed by atoms with E-state index in [9.17, 15) is 4.79 Å². The highest BCUT2D eigenvalue weighted by Gasteiger charge is 2.16. The Kier molecular flexibility index (Phi) is 6.12. The number of thioether (sulfide) groups is 1. The summed E-state index contributed by atoms with van der Waals surface area (Å²) < 4.78 is 0. The highest BCUT2D eigenvalue weighted by atomic mass is 32.2. The van der Waals surface area contributed by atoms with Gasteiger partial charge in [-0.25, -0.2) is 0 Å². The molecule has 21 heavy (non-hydrogen) atoms. The van der Waals surface area contributed by atoms with Crippen LogP contribution < -0.4 is 5.32 Å². The molecule has 1 N–H and O–H groups in total. The Morgan fingerprint density at radius 2 is 2.14 bits per heavy atom. The number of nitrogens with one attached hydrogen (secondary N) is 1. The quantitative estimate of drug-likeness (QED) is 0.902. The summed E-state index contributed by atoms with van der Waals surface area (Å²) in [5, 5.41) is 2.94. The van der Waals surface area contributed by atoms with E-state index in [0.717, 1.165) is 18.2 Å². The first-order valence-electron chi connectivity index (χ1n) is 7.73. The zero-order valence-corrected chi connectivity index (χ0v) is 14.1. The standard InChI is InChI=1S/C17H26N2OS/c1-13-5-4-10-19(11-13)12-15-6-8-16(9-7-15)18-17(20)14(2)21-3/h6-9,13-14H,4-5,10-12H2,1-3H3,(H,18,20)/t13-,14-/m1/s1. The summed E-state index contributed by atoms with van der Waals surface area (Å²) in [6.45, 7) is 7.67. The largest absolute Gasteiger partial charge is 0.325 e. The van der Waals surface area contributed by atoms with Crippen molar-refractivity contribution >= 4 is 23.4 Å². The van der Waals surface area contributed by atoms with Crippen LogP contribution in [0, 0.1) is 5.92 Å². The zero-order valence-electron chi connectivity index (χ0n) is 13.3. The van der Waals surface area contributed by atoms with Gasteiger partial charge < -0.3 is 5.32 Å². The third-order valence-electron chi connectivity index (χ3n) is 4.09. The second-order valence-corrected chi connectivity index (χ2v) is 7.23. The number of piperidine rings is 1. The average Bonchev–Trinajstić information content (AvgIpc) is 2.48. The Morgan fingerprint density at radius 1 is 1.43 bits per heavy atom. The van der Waals surface area contributed by atoms with Crippen LogP contribution in [0.25, 0.3) is 0 Å². The van der Waals surface area contributed by atoms with Crippen LogP contribution in [0.2, 0.25) is 0 Å². The van der Waals surface area contributed by atoms with Gasteiger partial charge in [-0.15, -0.1) is 0 Å². The molecule has 0 aromatic heterocycles. The molecule has 1 amide bonds. The fourth-order valence-corrected chi connectivity index (χ4v) is 3.01. The van der Waals surface area contributed by atoms with E-state index in [4.69, 9.17) is 0 Å². The maximum Gasteiger partial charge on any atom is 0.237 e. The lowest BCUT2D eigenvalue weighted by Crippen LogP contribution is -2.33. The van der Waals surface area contributed by atoms with Crippen molar-refractivity contribution in [1.82, 2.24) is 4.90 Å². The van der Waals surface area contributed by atoms with Gasteiger partial charge in [0.05, 0.1) is 5.25 Å². The number of hydrogen-bond donors (Lipinski definition) is 1. The molecular weight excluding hydrogens is 280 g/mol. The summed E-state index contributed by atoms with van der Waals surface area (Å²) in [6, 6.07) is 8.26. The number of anilines is 1. The van der Waals surface area contributed by atoms with E-state index in [1.165, 1.54) is 31.5 Å². The van der Waals surface area contributed by atoms with Gasteiger partial charge in [0.1, 0.15) is 0 Å². The molecule has 1 aliphatic heterocycles. The number of amides is 1. The summed E-state index contributed by atoms with van der Waals surface area (Å²) in [7, 11) is 0. The lowest BCUT2D eigenvalue weighted by atomic mass is 10.00. The van der Waals surface area contributed by atoms with Crippen LogP contribution in [-0.4, -0.2) is 35.4 Å². The first kappa shape index (κ1) is 16.4. The minimum Gasteiger partial charge on any atom is -0.325 e. The van der Waals surface area contributed by atoms with E-state index in [-0.39, 0.29) is 11.2 Å². The summed E-state index contributed by atoms with van der Waals surface area (Å²) in [5.74, 6) is 0.880. The van der Waals surface area contributed by atoms with Gasteiger partial charge in [0.25, 0.3) is 0 Å². The number of carbonyl (C=O) groups is 1. The van der Waals surface area contributed by atoms with E-state index in [2.05, 4.69) is 29.3 Å². The zero-order chi connectivity index (χ0) is 15.2. The van der Waals surface area contributed by atoms with E-state index in [0.29, 0.717) is 0 Å². The van der Waals surface area contributed by atoms with Crippen molar-refractivity contribution in [3.63, 3.8) is 0 Å². The molecule has 1 aliphatic rings. The minimum atomic E-state index is -0.0143. The molecule has 1 saturated heterocycles. The van der Waals surface area contributed by atoms with Crippen molar-refractivity contribution < 1.29 is 4.79 Å². The van der Waals surface area contributed by atoms with Crippen molar-refractivity contribution in [3.8, 4) is 0 Å². The number of carbonyl (C=O) groups excluding carboxylic acids is 1. The van der Waals surface area contributed by atoms with Crippen molar-refractivity contribution in [2.45, 2.75) is 38.5 Å². The second-order valence-electron chi connectivity index (χ2n) is 6.05. The predicted octanol–water partition coefficient (Wildman–Crippen LogP) is 3.61. The highest BCUT2D eigenvalue weighted by Crippen LogP contribution is 2.19. The lowest BCUT2D eigenvalue weighted by molar-refractivity contribution is -0.115. The van der Waals surface area contributed by atoms with E-state index in [1.807, 2.05) is 25.3 Å². The Morgan fingerprint density at radius 3 is 2.76 bits per heavy atom. The van der Waals surface area contributed by atoms with Crippen LogP contribution in [0.4, 0.5) is 5.69 Å². The molecule has 0 bridgehead atoms. The lowest BCUT2D eigenvalue weighted by Gasteiger charge is -2.30. The van der Waals surface area contributed by atoms with Crippen LogP contribution >= 0.6 is 11.8 Å². The van der Waals surface area contributed by atoms with Gasteiger partial charge >= 0.3 is 0 Å². The van der Waals surface area contributed by atoms with Crippen molar-refractivity contribution in [3.05, 3.63) is 29.8 Å². The fourth-order valence-electron chi connectivity index (χ4n) is 2.73. The molecule has 2 rings (SSSR count). The molecule has 1 aromatic carbocycles. The van der Waals surface area contributed by atoms with Crippen molar-refractivity contribution in [2.75, 3.05) is 24.7 Å². The average molecular weight is 306 g/mol. The maximum absolute atomic E-state index is 11.8. The molecule has 1 aromatic rings. The summed E-state index contributed by atoms with van der Waals surface area (Å²) in [6.07, 6.45) is 4.62. The van der Waals surface area contributed by atoms with Crippen LogP contribution in [0.5, 0.6) is 0 Å². The fraction of sp³-hybridized carbons (Fsp3) is 0.588. The highest BCUT2D eigenvalue weighted by molar-refractivity contribution is 7.99. The molecule has 0 radical (unpaired) electrons. The molecular formula is C17H26N2OS. The monoisotopic (exact) mass is 306 g/mol. The van der Waals surface area contributed by atoms with Crippen LogP contribution in [0.1, 0.15) is 32.3 Å². The molecule has 0 saturated carbocycles. The maximum atomic E-state index is 11.8. The van der Waals surface area contributed by atoms with E-state index < -0.39 is 0 Å². The number of hydrogen-bond acceptors (Lipinski definition) is 3. The molecule has 2 atom stereocenters. The van der Waals surface area contributed by atoms with Crippen LogP contribution in [0.15, 0.2) is 24.3 Å². The summed E-state index contributed by atoms with van der Waals surface area (Å²) in [4.78, 5) is 14.4.